The highest BCUT2D eigenvalue weighted by atomic mass is 79.9. The summed E-state index contributed by atoms with van der Waals surface area (Å²) in [7, 11) is 0. The van der Waals surface area contributed by atoms with E-state index in [1.54, 1.807) is 24.5 Å². The van der Waals surface area contributed by atoms with E-state index >= 15 is 0 Å². The lowest BCUT2D eigenvalue weighted by Gasteiger charge is -2.02. The number of rotatable bonds is 1. The maximum absolute atomic E-state index is 13.4. The third-order valence-corrected chi connectivity index (χ3v) is 2.56. The molecular weight excluding hydrogens is 271 g/mol. The number of aromatic nitrogens is 1. The zero-order chi connectivity index (χ0) is 11.5. The summed E-state index contributed by atoms with van der Waals surface area (Å²) in [6.07, 6.45) is 3.30. The maximum Gasteiger partial charge on any atom is 0.141 e. The first-order valence-electron chi connectivity index (χ1n) is 4.51. The van der Waals surface area contributed by atoms with Crippen LogP contribution in [0.1, 0.15) is 5.56 Å². The quantitative estimate of drug-likeness (QED) is 0.799. The van der Waals surface area contributed by atoms with Gasteiger partial charge < -0.3 is 0 Å². The van der Waals surface area contributed by atoms with Gasteiger partial charge >= 0.3 is 0 Å². The monoisotopic (exact) mass is 276 g/mol. The summed E-state index contributed by atoms with van der Waals surface area (Å²) in [5.74, 6) is -0.514. The molecule has 2 nitrogen and oxygen atoms in total. The topological polar surface area (TPSA) is 36.7 Å². The Hall–Kier alpha value is -1.73. The fourth-order valence-electron chi connectivity index (χ4n) is 1.36. The molecule has 0 bridgehead atoms. The van der Waals surface area contributed by atoms with Crippen molar-refractivity contribution in [2.45, 2.75) is 0 Å². The second kappa shape index (κ2) is 4.42. The molecule has 0 radical (unpaired) electrons. The number of halogens is 2. The number of nitrogens with zero attached hydrogens (tertiary/aromatic N) is 2. The van der Waals surface area contributed by atoms with Gasteiger partial charge in [-0.25, -0.2) is 4.39 Å². The van der Waals surface area contributed by atoms with Gasteiger partial charge in [-0.2, -0.15) is 5.26 Å². The van der Waals surface area contributed by atoms with Crippen LogP contribution >= 0.6 is 15.9 Å². The van der Waals surface area contributed by atoms with Crippen molar-refractivity contribution in [3.63, 3.8) is 0 Å². The van der Waals surface area contributed by atoms with E-state index in [2.05, 4.69) is 20.9 Å². The average Bonchev–Trinajstić information content (AvgIpc) is 2.29. The van der Waals surface area contributed by atoms with Crippen molar-refractivity contribution in [2.24, 2.45) is 0 Å². The van der Waals surface area contributed by atoms with Gasteiger partial charge in [0.1, 0.15) is 11.9 Å². The molecule has 0 aliphatic rings. The maximum atomic E-state index is 13.4. The molecule has 2 rings (SSSR count). The minimum atomic E-state index is -0.514. The minimum absolute atomic E-state index is 0.0479. The van der Waals surface area contributed by atoms with E-state index in [1.165, 1.54) is 12.1 Å². The molecule has 0 N–H and O–H groups in total. The number of benzene rings is 1. The second-order valence-corrected chi connectivity index (χ2v) is 4.11. The Labute approximate surface area is 100 Å². The molecule has 78 valence electrons. The van der Waals surface area contributed by atoms with Crippen molar-refractivity contribution in [3.8, 4) is 17.2 Å². The number of hydrogen-bond acceptors (Lipinski definition) is 2. The highest BCUT2D eigenvalue weighted by molar-refractivity contribution is 9.10. The van der Waals surface area contributed by atoms with Crippen LogP contribution in [0.15, 0.2) is 41.1 Å². The molecule has 0 spiro atoms. The average molecular weight is 277 g/mol. The van der Waals surface area contributed by atoms with E-state index < -0.39 is 5.82 Å². The standard InChI is InChI=1S/C12H6BrFN2/c13-11-3-10(6-16-7-11)8-1-2-9(5-15)12(14)4-8/h1-4,6-7H. The third kappa shape index (κ3) is 2.10. The molecule has 0 aliphatic carbocycles. The molecule has 1 aromatic carbocycles. The molecule has 0 unspecified atom stereocenters. The summed E-state index contributed by atoms with van der Waals surface area (Å²) in [6.45, 7) is 0. The van der Waals surface area contributed by atoms with E-state index in [-0.39, 0.29) is 5.56 Å². The van der Waals surface area contributed by atoms with E-state index in [0.717, 1.165) is 10.0 Å². The Morgan fingerprint density at radius 1 is 1.19 bits per heavy atom. The van der Waals surface area contributed by atoms with Crippen LogP contribution in [0.3, 0.4) is 0 Å². The van der Waals surface area contributed by atoms with E-state index in [4.69, 9.17) is 5.26 Å². The molecule has 0 saturated heterocycles. The van der Waals surface area contributed by atoms with Crippen molar-refractivity contribution in [2.75, 3.05) is 0 Å². The Balaban J connectivity index is 2.50. The molecule has 0 amide bonds. The molecule has 0 fully saturated rings. The first-order valence-corrected chi connectivity index (χ1v) is 5.30. The lowest BCUT2D eigenvalue weighted by Crippen LogP contribution is -1.86. The number of hydrogen-bond donors (Lipinski definition) is 0. The summed E-state index contributed by atoms with van der Waals surface area (Å²) in [4.78, 5) is 4.00. The van der Waals surface area contributed by atoms with Crippen molar-refractivity contribution in [1.82, 2.24) is 4.98 Å². The Bertz CT molecular complexity index is 575. The molecule has 1 aromatic heterocycles. The van der Waals surface area contributed by atoms with Crippen molar-refractivity contribution >= 4 is 15.9 Å². The van der Waals surface area contributed by atoms with Crippen molar-refractivity contribution in [3.05, 3.63) is 52.5 Å². The van der Waals surface area contributed by atoms with Crippen LogP contribution < -0.4 is 0 Å². The summed E-state index contributed by atoms with van der Waals surface area (Å²) >= 11 is 3.30. The van der Waals surface area contributed by atoms with Crippen LogP contribution in [0.5, 0.6) is 0 Å². The van der Waals surface area contributed by atoms with Gasteiger partial charge in [-0.3, -0.25) is 4.98 Å². The fourth-order valence-corrected chi connectivity index (χ4v) is 1.72. The zero-order valence-electron chi connectivity index (χ0n) is 8.11. The van der Waals surface area contributed by atoms with E-state index in [0.29, 0.717) is 5.56 Å². The van der Waals surface area contributed by atoms with Crippen LogP contribution in [0.4, 0.5) is 4.39 Å². The number of pyridine rings is 1. The van der Waals surface area contributed by atoms with Crippen molar-refractivity contribution in [1.29, 1.82) is 5.26 Å². The number of nitriles is 1. The smallest absolute Gasteiger partial charge is 0.141 e. The van der Waals surface area contributed by atoms with Gasteiger partial charge in [0, 0.05) is 22.4 Å². The largest absolute Gasteiger partial charge is 0.263 e. The summed E-state index contributed by atoms with van der Waals surface area (Å²) < 4.78 is 14.2. The van der Waals surface area contributed by atoms with Crippen LogP contribution in [-0.2, 0) is 0 Å². The minimum Gasteiger partial charge on any atom is -0.263 e. The molecule has 2 aromatic rings. The molecule has 0 atom stereocenters. The van der Waals surface area contributed by atoms with Crippen LogP contribution in [0, 0.1) is 17.1 Å². The Morgan fingerprint density at radius 2 is 2.00 bits per heavy atom. The van der Waals surface area contributed by atoms with Crippen molar-refractivity contribution < 1.29 is 4.39 Å². The normalized spacial score (nSPS) is 9.81. The van der Waals surface area contributed by atoms with Gasteiger partial charge in [0.2, 0.25) is 0 Å². The van der Waals surface area contributed by atoms with Crippen LogP contribution in [0.2, 0.25) is 0 Å². The molecule has 4 heteroatoms. The van der Waals surface area contributed by atoms with Crippen LogP contribution in [0.25, 0.3) is 11.1 Å². The summed E-state index contributed by atoms with van der Waals surface area (Å²) in [5.41, 5.74) is 1.55. The molecule has 16 heavy (non-hydrogen) atoms. The van der Waals surface area contributed by atoms with Gasteiger partial charge in [0.05, 0.1) is 5.56 Å². The fraction of sp³-hybridized carbons (Fsp3) is 0. The predicted molar refractivity (Wildman–Crippen MR) is 62.0 cm³/mol. The lowest BCUT2D eigenvalue weighted by atomic mass is 10.1. The SMILES string of the molecule is N#Cc1ccc(-c2cncc(Br)c2)cc1F. The van der Waals surface area contributed by atoms with E-state index in [9.17, 15) is 4.39 Å². The van der Waals surface area contributed by atoms with Gasteiger partial charge in [0.25, 0.3) is 0 Å². The Kier molecular flexibility index (Phi) is 2.97. The molecule has 0 aliphatic heterocycles. The predicted octanol–water partition coefficient (Wildman–Crippen LogP) is 3.52. The van der Waals surface area contributed by atoms with Gasteiger partial charge in [-0.15, -0.1) is 0 Å². The zero-order valence-corrected chi connectivity index (χ0v) is 9.70. The van der Waals surface area contributed by atoms with E-state index in [1.807, 2.05) is 6.07 Å². The summed E-state index contributed by atoms with van der Waals surface area (Å²) in [6, 6.07) is 8.13. The Morgan fingerprint density at radius 3 is 2.62 bits per heavy atom. The molecular formula is C12H6BrFN2. The lowest BCUT2D eigenvalue weighted by molar-refractivity contribution is 0.624. The summed E-state index contributed by atoms with van der Waals surface area (Å²) in [5, 5.41) is 8.61. The third-order valence-electron chi connectivity index (χ3n) is 2.13. The molecule has 0 saturated carbocycles. The second-order valence-electron chi connectivity index (χ2n) is 3.20. The van der Waals surface area contributed by atoms with Gasteiger partial charge in [0.15, 0.2) is 0 Å². The first kappa shape index (κ1) is 10.8. The van der Waals surface area contributed by atoms with Gasteiger partial charge in [-0.05, 0) is 39.7 Å². The van der Waals surface area contributed by atoms with Gasteiger partial charge in [-0.1, -0.05) is 6.07 Å². The highest BCUT2D eigenvalue weighted by Gasteiger charge is 2.04. The highest BCUT2D eigenvalue weighted by Crippen LogP contribution is 2.23. The molecule has 1 heterocycles. The van der Waals surface area contributed by atoms with Crippen LogP contribution in [-0.4, -0.2) is 4.98 Å². The first-order chi connectivity index (χ1) is 7.70.